The average molecular weight is 386 g/mol. The van der Waals surface area contributed by atoms with Gasteiger partial charge in [-0.25, -0.2) is 9.59 Å². The highest BCUT2D eigenvalue weighted by atomic mass is 16.5. The number of carbonyl (C=O) groups excluding carboxylic acids is 1. The molecule has 150 valence electrons. The van der Waals surface area contributed by atoms with Gasteiger partial charge in [-0.05, 0) is 25.0 Å². The fourth-order valence-corrected chi connectivity index (χ4v) is 1.72. The molecule has 0 aliphatic heterocycles. The lowest BCUT2D eigenvalue weighted by molar-refractivity contribution is -0.147. The number of benzene rings is 1. The molecule has 10 heteroatoms. The zero-order valence-corrected chi connectivity index (χ0v) is 14.4. The van der Waals surface area contributed by atoms with Crippen molar-refractivity contribution in [1.82, 2.24) is 0 Å². The third kappa shape index (κ3) is 11.3. The molecule has 0 saturated carbocycles. The van der Waals surface area contributed by atoms with Crippen LogP contribution in [-0.2, 0) is 14.3 Å². The zero-order valence-electron chi connectivity index (χ0n) is 14.4. The van der Waals surface area contributed by atoms with Crippen molar-refractivity contribution in [2.24, 2.45) is 0 Å². The predicted octanol–water partition coefficient (Wildman–Crippen LogP) is 0.611. The summed E-state index contributed by atoms with van der Waals surface area (Å²) < 4.78 is 4.61. The molecule has 0 aromatic heterocycles. The van der Waals surface area contributed by atoms with E-state index < -0.39 is 36.6 Å². The number of unbranched alkanes of at least 4 members (excludes halogenated alkanes) is 1. The van der Waals surface area contributed by atoms with Gasteiger partial charge in [0.2, 0.25) is 0 Å². The number of esters is 1. The molecule has 0 aliphatic rings. The monoisotopic (exact) mass is 386 g/mol. The summed E-state index contributed by atoms with van der Waals surface area (Å²) in [6.45, 7) is -0.680. The first kappa shape index (κ1) is 24.0. The lowest BCUT2D eigenvalue weighted by Crippen LogP contribution is -2.21. The molecule has 0 saturated heterocycles. The summed E-state index contributed by atoms with van der Waals surface area (Å²) in [6, 6.07) is 5.48. The lowest BCUT2D eigenvalue weighted by atomic mass is 10.1. The van der Waals surface area contributed by atoms with Crippen molar-refractivity contribution in [3.05, 3.63) is 35.4 Å². The third-order valence-corrected chi connectivity index (χ3v) is 3.06. The van der Waals surface area contributed by atoms with Crippen molar-refractivity contribution in [3.63, 3.8) is 0 Å². The molecule has 1 aromatic carbocycles. The quantitative estimate of drug-likeness (QED) is 0.282. The van der Waals surface area contributed by atoms with E-state index in [4.69, 9.17) is 25.5 Å². The SMILES string of the molecule is O=C(O)CCCCC(=O)OCC(O)CO.O=C(O)c1ccccc1C(=O)O. The molecule has 0 radical (unpaired) electrons. The standard InChI is InChI=1S/C9H16O6.C8H6O4/c10-5-7(11)6-15-9(14)4-2-1-3-8(12)13;9-7(10)5-3-1-2-4-6(5)8(11)12/h7,10-11H,1-6H2,(H,12,13);1-4H,(H,9,10)(H,11,12). The van der Waals surface area contributed by atoms with Gasteiger partial charge in [0.15, 0.2) is 0 Å². The summed E-state index contributed by atoms with van der Waals surface area (Å²) in [7, 11) is 0. The fraction of sp³-hybridized carbons (Fsp3) is 0.412. The van der Waals surface area contributed by atoms with Gasteiger partial charge < -0.3 is 30.3 Å². The molecule has 10 nitrogen and oxygen atoms in total. The Morgan fingerprint density at radius 3 is 1.78 bits per heavy atom. The summed E-state index contributed by atoms with van der Waals surface area (Å²) >= 11 is 0. The van der Waals surface area contributed by atoms with E-state index in [0.29, 0.717) is 12.8 Å². The van der Waals surface area contributed by atoms with Crippen LogP contribution < -0.4 is 0 Å². The second-order valence-corrected chi connectivity index (χ2v) is 5.28. The Kier molecular flexibility index (Phi) is 11.8. The topological polar surface area (TPSA) is 179 Å². The van der Waals surface area contributed by atoms with Gasteiger partial charge in [-0.3, -0.25) is 9.59 Å². The molecule has 0 fully saturated rings. The van der Waals surface area contributed by atoms with E-state index in [1.54, 1.807) is 0 Å². The molecule has 1 atom stereocenters. The Morgan fingerprint density at radius 2 is 1.37 bits per heavy atom. The molecular formula is C17H22O10. The van der Waals surface area contributed by atoms with E-state index in [-0.39, 0.29) is 30.6 Å². The molecule has 0 amide bonds. The van der Waals surface area contributed by atoms with Crippen molar-refractivity contribution >= 4 is 23.9 Å². The maximum atomic E-state index is 10.9. The number of carboxylic acids is 3. The molecule has 0 aliphatic carbocycles. The number of carboxylic acid groups (broad SMARTS) is 3. The first-order valence-electron chi connectivity index (χ1n) is 7.91. The molecule has 1 rings (SSSR count). The molecule has 1 unspecified atom stereocenters. The normalized spacial score (nSPS) is 10.9. The molecule has 0 spiro atoms. The lowest BCUT2D eigenvalue weighted by Gasteiger charge is -2.07. The second-order valence-electron chi connectivity index (χ2n) is 5.28. The van der Waals surface area contributed by atoms with Crippen molar-refractivity contribution < 1.29 is 49.4 Å². The van der Waals surface area contributed by atoms with Gasteiger partial charge in [-0.15, -0.1) is 0 Å². The van der Waals surface area contributed by atoms with Crippen LogP contribution in [0.1, 0.15) is 46.4 Å². The molecule has 5 N–H and O–H groups in total. The molecule has 0 heterocycles. The van der Waals surface area contributed by atoms with E-state index in [9.17, 15) is 19.2 Å². The number of aliphatic carboxylic acids is 1. The number of aromatic carboxylic acids is 2. The minimum atomic E-state index is -1.23. The summed E-state index contributed by atoms with van der Waals surface area (Å²) in [4.78, 5) is 42.0. The number of carbonyl (C=O) groups is 4. The van der Waals surface area contributed by atoms with Gasteiger partial charge in [0.05, 0.1) is 17.7 Å². The smallest absolute Gasteiger partial charge is 0.336 e. The van der Waals surface area contributed by atoms with Crippen molar-refractivity contribution in [3.8, 4) is 0 Å². The third-order valence-electron chi connectivity index (χ3n) is 3.06. The Balaban J connectivity index is 0.000000511. The maximum Gasteiger partial charge on any atom is 0.336 e. The van der Waals surface area contributed by atoms with Gasteiger partial charge in [0.1, 0.15) is 12.7 Å². The molecule has 0 bridgehead atoms. The molecule has 1 aromatic rings. The van der Waals surface area contributed by atoms with Crippen LogP contribution in [0.3, 0.4) is 0 Å². The molecular weight excluding hydrogens is 364 g/mol. The molecule has 27 heavy (non-hydrogen) atoms. The number of rotatable bonds is 10. The van der Waals surface area contributed by atoms with Crippen LogP contribution in [0.4, 0.5) is 0 Å². The van der Waals surface area contributed by atoms with Gasteiger partial charge in [-0.2, -0.15) is 0 Å². The van der Waals surface area contributed by atoms with Crippen LogP contribution in [0.15, 0.2) is 24.3 Å². The van der Waals surface area contributed by atoms with Crippen molar-refractivity contribution in [2.45, 2.75) is 31.8 Å². The highest BCUT2D eigenvalue weighted by Crippen LogP contribution is 2.07. The van der Waals surface area contributed by atoms with Crippen LogP contribution in [0.25, 0.3) is 0 Å². The van der Waals surface area contributed by atoms with Gasteiger partial charge in [0, 0.05) is 12.8 Å². The van der Waals surface area contributed by atoms with Gasteiger partial charge in [-0.1, -0.05) is 12.1 Å². The van der Waals surface area contributed by atoms with E-state index in [1.807, 2.05) is 0 Å². The predicted molar refractivity (Wildman–Crippen MR) is 90.5 cm³/mol. The van der Waals surface area contributed by atoms with Crippen LogP contribution in [0, 0.1) is 0 Å². The van der Waals surface area contributed by atoms with E-state index in [0.717, 1.165) is 0 Å². The Labute approximate surface area is 154 Å². The van der Waals surface area contributed by atoms with E-state index >= 15 is 0 Å². The summed E-state index contributed by atoms with van der Waals surface area (Å²) in [6.07, 6.45) is -0.0151. The first-order chi connectivity index (χ1) is 12.7. The summed E-state index contributed by atoms with van der Waals surface area (Å²) in [5, 5.41) is 42.7. The Hall–Kier alpha value is -2.98. The van der Waals surface area contributed by atoms with Crippen molar-refractivity contribution in [2.75, 3.05) is 13.2 Å². The van der Waals surface area contributed by atoms with E-state index in [2.05, 4.69) is 4.74 Å². The minimum Gasteiger partial charge on any atom is -0.481 e. The highest BCUT2D eigenvalue weighted by molar-refractivity contribution is 6.01. The largest absolute Gasteiger partial charge is 0.481 e. The first-order valence-corrected chi connectivity index (χ1v) is 7.91. The van der Waals surface area contributed by atoms with Gasteiger partial charge >= 0.3 is 23.9 Å². The van der Waals surface area contributed by atoms with Crippen molar-refractivity contribution in [1.29, 1.82) is 0 Å². The summed E-state index contributed by atoms with van der Waals surface area (Å²) in [5.41, 5.74) is -0.380. The van der Waals surface area contributed by atoms with Crippen LogP contribution in [-0.4, -0.2) is 68.7 Å². The number of ether oxygens (including phenoxy) is 1. The van der Waals surface area contributed by atoms with Crippen LogP contribution >= 0.6 is 0 Å². The van der Waals surface area contributed by atoms with E-state index in [1.165, 1.54) is 24.3 Å². The van der Waals surface area contributed by atoms with Crippen LogP contribution in [0.2, 0.25) is 0 Å². The zero-order chi connectivity index (χ0) is 20.8. The number of aliphatic hydroxyl groups excluding tert-OH is 2. The number of hydrogen-bond acceptors (Lipinski definition) is 7. The summed E-state index contributed by atoms with van der Waals surface area (Å²) in [5.74, 6) is -3.84. The Bertz CT molecular complexity index is 607. The van der Waals surface area contributed by atoms with Crippen LogP contribution in [0.5, 0.6) is 0 Å². The average Bonchev–Trinajstić information content (AvgIpc) is 2.63. The maximum absolute atomic E-state index is 10.9. The number of hydrogen-bond donors (Lipinski definition) is 5. The number of aliphatic hydroxyl groups is 2. The Morgan fingerprint density at radius 1 is 0.889 bits per heavy atom. The van der Waals surface area contributed by atoms with Gasteiger partial charge in [0.25, 0.3) is 0 Å². The second kappa shape index (κ2) is 13.3. The minimum absolute atomic E-state index is 0.0343. The fourth-order valence-electron chi connectivity index (χ4n) is 1.72. The highest BCUT2D eigenvalue weighted by Gasteiger charge is 2.13.